The molecule has 0 nitrogen and oxygen atoms in total. The molecule has 0 unspecified atom stereocenters. The Balaban J connectivity index is 2.50. The fourth-order valence-corrected chi connectivity index (χ4v) is 3.19. The van der Waals surface area contributed by atoms with E-state index in [-0.39, 0.29) is 0 Å². The van der Waals surface area contributed by atoms with Crippen molar-refractivity contribution in [3.8, 4) is 0 Å². The molecule has 0 amide bonds. The second-order valence-electron chi connectivity index (χ2n) is 8.07. The highest BCUT2D eigenvalue weighted by Gasteiger charge is 2.41. The molecule has 16 heavy (non-hydrogen) atoms. The van der Waals surface area contributed by atoms with Gasteiger partial charge in [-0.3, -0.25) is 0 Å². The van der Waals surface area contributed by atoms with Crippen LogP contribution < -0.4 is 0 Å². The molecule has 1 aliphatic carbocycles. The fourth-order valence-electron chi connectivity index (χ4n) is 3.19. The minimum absolute atomic E-state index is 0.509. The molecule has 0 heterocycles. The van der Waals surface area contributed by atoms with Crippen LogP contribution in [-0.4, -0.2) is 0 Å². The maximum Gasteiger partial charge on any atom is -0.0275 e. The van der Waals surface area contributed by atoms with E-state index in [2.05, 4.69) is 41.5 Å². The van der Waals surface area contributed by atoms with Gasteiger partial charge in [-0.1, -0.05) is 60.8 Å². The summed E-state index contributed by atoms with van der Waals surface area (Å²) in [6, 6.07) is 0. The lowest BCUT2D eigenvalue weighted by molar-refractivity contribution is 0.0205. The summed E-state index contributed by atoms with van der Waals surface area (Å²) < 4.78 is 0. The minimum Gasteiger partial charge on any atom is -0.0602 e. The quantitative estimate of drug-likeness (QED) is 0.567. The van der Waals surface area contributed by atoms with Gasteiger partial charge in [-0.2, -0.15) is 0 Å². The highest BCUT2D eigenvalue weighted by Crippen LogP contribution is 2.53. The van der Waals surface area contributed by atoms with Crippen LogP contribution in [-0.2, 0) is 0 Å². The molecule has 1 rings (SSSR count). The average Bonchev–Trinajstić information content (AvgIpc) is 2.08. The smallest absolute Gasteiger partial charge is 0.0275 e. The molecule has 0 N–H and O–H groups in total. The summed E-state index contributed by atoms with van der Waals surface area (Å²) in [6.07, 6.45) is 9.99. The Labute approximate surface area is 103 Å². The zero-order chi connectivity index (χ0) is 12.4. The first-order chi connectivity index (χ1) is 7.16. The van der Waals surface area contributed by atoms with Gasteiger partial charge in [0, 0.05) is 0 Å². The van der Waals surface area contributed by atoms with Crippen molar-refractivity contribution < 1.29 is 0 Å². The van der Waals surface area contributed by atoms with Crippen molar-refractivity contribution in [3.63, 3.8) is 0 Å². The third kappa shape index (κ3) is 3.50. The highest BCUT2D eigenvalue weighted by molar-refractivity contribution is 4.92. The van der Waals surface area contributed by atoms with E-state index in [1.54, 1.807) is 0 Å². The third-order valence-electron chi connectivity index (χ3n) is 5.07. The summed E-state index contributed by atoms with van der Waals surface area (Å²) in [6.45, 7) is 14.6. The lowest BCUT2D eigenvalue weighted by atomic mass is 9.57. The Morgan fingerprint density at radius 3 is 2.00 bits per heavy atom. The van der Waals surface area contributed by atoms with Crippen LogP contribution in [0.25, 0.3) is 0 Å². The summed E-state index contributed by atoms with van der Waals surface area (Å²) in [7, 11) is 0. The predicted octanol–water partition coefficient (Wildman–Crippen LogP) is 5.81. The molecule has 0 radical (unpaired) electrons. The van der Waals surface area contributed by atoms with Gasteiger partial charge in [-0.15, -0.1) is 0 Å². The summed E-state index contributed by atoms with van der Waals surface area (Å²) in [4.78, 5) is 0. The van der Waals surface area contributed by atoms with E-state index in [4.69, 9.17) is 0 Å². The summed E-state index contributed by atoms with van der Waals surface area (Å²) in [5.41, 5.74) is 1.66. The second-order valence-corrected chi connectivity index (χ2v) is 8.07. The molecule has 1 atom stereocenters. The van der Waals surface area contributed by atoms with Gasteiger partial charge in [-0.05, 0) is 41.9 Å². The van der Waals surface area contributed by atoms with Crippen LogP contribution in [0.1, 0.15) is 86.5 Å². The number of hydrogen-bond donors (Lipinski definition) is 0. The predicted molar refractivity (Wildman–Crippen MR) is 73.7 cm³/mol. The molecule has 0 heteroatoms. The Hall–Kier alpha value is 0. The van der Waals surface area contributed by atoms with Crippen LogP contribution in [0.2, 0.25) is 0 Å². The Morgan fingerprint density at radius 1 is 0.938 bits per heavy atom. The molecule has 0 aromatic heterocycles. The first-order valence-corrected chi connectivity index (χ1v) is 7.16. The molecule has 0 spiro atoms. The van der Waals surface area contributed by atoms with Crippen molar-refractivity contribution in [2.24, 2.45) is 16.2 Å². The zero-order valence-electron chi connectivity index (χ0n) is 12.4. The van der Waals surface area contributed by atoms with Crippen molar-refractivity contribution >= 4 is 0 Å². The molecule has 0 aromatic rings. The zero-order valence-corrected chi connectivity index (χ0v) is 12.4. The topological polar surface area (TPSA) is 0 Å². The van der Waals surface area contributed by atoms with Gasteiger partial charge < -0.3 is 0 Å². The highest BCUT2D eigenvalue weighted by atomic mass is 14.5. The standard InChI is InChI=1S/C16H32/c1-14(2,3)10-9-13-16(6)12-8-7-11-15(16,4)5/h7-13H2,1-6H3/t16-/m0/s1. The van der Waals surface area contributed by atoms with Gasteiger partial charge >= 0.3 is 0 Å². The lowest BCUT2D eigenvalue weighted by Gasteiger charge is -2.49. The van der Waals surface area contributed by atoms with Gasteiger partial charge in [0.25, 0.3) is 0 Å². The average molecular weight is 224 g/mol. The second kappa shape index (κ2) is 4.70. The molecule has 0 saturated heterocycles. The first kappa shape index (κ1) is 14.1. The number of rotatable bonds is 3. The molecular weight excluding hydrogens is 192 g/mol. The first-order valence-electron chi connectivity index (χ1n) is 7.16. The molecule has 1 fully saturated rings. The van der Waals surface area contributed by atoms with Crippen LogP contribution in [0.15, 0.2) is 0 Å². The fraction of sp³-hybridized carbons (Fsp3) is 1.00. The van der Waals surface area contributed by atoms with E-state index in [9.17, 15) is 0 Å². The molecule has 0 bridgehead atoms. The van der Waals surface area contributed by atoms with Gasteiger partial charge in [-0.25, -0.2) is 0 Å². The normalized spacial score (nSPS) is 30.4. The molecule has 96 valence electrons. The van der Waals surface area contributed by atoms with E-state index in [0.29, 0.717) is 16.2 Å². The van der Waals surface area contributed by atoms with Crippen molar-refractivity contribution in [1.29, 1.82) is 0 Å². The van der Waals surface area contributed by atoms with Crippen LogP contribution in [0.5, 0.6) is 0 Å². The van der Waals surface area contributed by atoms with Crippen molar-refractivity contribution in [2.45, 2.75) is 86.5 Å². The van der Waals surface area contributed by atoms with Gasteiger partial charge in [0.2, 0.25) is 0 Å². The summed E-state index contributed by atoms with van der Waals surface area (Å²) >= 11 is 0. The SMILES string of the molecule is CC(C)(C)CCC[C@]1(C)CCCCC1(C)C. The van der Waals surface area contributed by atoms with E-state index in [0.717, 1.165) is 0 Å². The van der Waals surface area contributed by atoms with Crippen molar-refractivity contribution in [2.75, 3.05) is 0 Å². The third-order valence-corrected chi connectivity index (χ3v) is 5.07. The Kier molecular flexibility index (Phi) is 4.13. The summed E-state index contributed by atoms with van der Waals surface area (Å²) in [5, 5.41) is 0. The van der Waals surface area contributed by atoms with Crippen LogP contribution in [0.3, 0.4) is 0 Å². The molecule has 1 saturated carbocycles. The van der Waals surface area contributed by atoms with Crippen molar-refractivity contribution in [1.82, 2.24) is 0 Å². The Morgan fingerprint density at radius 2 is 1.50 bits per heavy atom. The Bertz CT molecular complexity index is 219. The van der Waals surface area contributed by atoms with E-state index in [1.165, 1.54) is 44.9 Å². The summed E-state index contributed by atoms with van der Waals surface area (Å²) in [5.74, 6) is 0. The lowest BCUT2D eigenvalue weighted by Crippen LogP contribution is -2.38. The minimum atomic E-state index is 0.509. The van der Waals surface area contributed by atoms with Gasteiger partial charge in [0.05, 0.1) is 0 Å². The monoisotopic (exact) mass is 224 g/mol. The molecule has 0 aliphatic heterocycles. The van der Waals surface area contributed by atoms with Crippen LogP contribution >= 0.6 is 0 Å². The van der Waals surface area contributed by atoms with Crippen LogP contribution in [0, 0.1) is 16.2 Å². The number of hydrogen-bond acceptors (Lipinski definition) is 0. The maximum absolute atomic E-state index is 2.54. The van der Waals surface area contributed by atoms with E-state index < -0.39 is 0 Å². The van der Waals surface area contributed by atoms with E-state index >= 15 is 0 Å². The van der Waals surface area contributed by atoms with E-state index in [1.807, 2.05) is 0 Å². The largest absolute Gasteiger partial charge is 0.0602 e. The molecule has 0 aromatic carbocycles. The van der Waals surface area contributed by atoms with Crippen molar-refractivity contribution in [3.05, 3.63) is 0 Å². The van der Waals surface area contributed by atoms with Crippen LogP contribution in [0.4, 0.5) is 0 Å². The maximum atomic E-state index is 2.54. The van der Waals surface area contributed by atoms with Gasteiger partial charge in [0.1, 0.15) is 0 Å². The molecule has 1 aliphatic rings. The van der Waals surface area contributed by atoms with Gasteiger partial charge in [0.15, 0.2) is 0 Å². The molecular formula is C16H32.